The normalized spacial score (nSPS) is 16.2. The fraction of sp³-hybridized carbons (Fsp3) is 0.478. The number of nitrogens with one attached hydrogen (secondary N) is 2. The van der Waals surface area contributed by atoms with Crippen molar-refractivity contribution in [3.8, 4) is 11.5 Å². The van der Waals surface area contributed by atoms with Crippen LogP contribution >= 0.6 is 11.3 Å². The molecule has 168 valence electrons. The molecule has 0 saturated carbocycles. The van der Waals surface area contributed by atoms with Gasteiger partial charge in [-0.15, -0.1) is 11.3 Å². The van der Waals surface area contributed by atoms with Crippen LogP contribution in [-0.2, 0) is 28.9 Å². The number of ether oxygens (including phenoxy) is 3. The molecule has 0 aliphatic heterocycles. The van der Waals surface area contributed by atoms with Crippen molar-refractivity contribution in [2.24, 2.45) is 5.92 Å². The Labute approximate surface area is 187 Å². The van der Waals surface area contributed by atoms with Gasteiger partial charge in [0.05, 0.1) is 39.5 Å². The topological polar surface area (TPSA) is 78.3 Å². The smallest absolute Gasteiger partial charge is 0.341 e. The fourth-order valence-corrected chi connectivity index (χ4v) is 5.50. The van der Waals surface area contributed by atoms with Gasteiger partial charge in [-0.2, -0.15) is 0 Å². The number of amides is 1. The molecule has 2 atom stereocenters. The van der Waals surface area contributed by atoms with Gasteiger partial charge in [-0.25, -0.2) is 4.79 Å². The summed E-state index contributed by atoms with van der Waals surface area (Å²) < 4.78 is 15.8. The van der Waals surface area contributed by atoms with Gasteiger partial charge in [0.2, 0.25) is 0 Å². The summed E-state index contributed by atoms with van der Waals surface area (Å²) in [4.78, 5) is 27.4. The number of carbonyl (C=O) groups is 2. The van der Waals surface area contributed by atoms with E-state index >= 15 is 0 Å². The molecule has 1 heterocycles. The van der Waals surface area contributed by atoms with Crippen LogP contribution in [0.25, 0.3) is 0 Å². The third kappa shape index (κ3) is 5.19. The zero-order valence-electron chi connectivity index (χ0n) is 18.8. The van der Waals surface area contributed by atoms with E-state index in [0.717, 1.165) is 35.3 Å². The molecule has 0 bridgehead atoms. The Balaban J connectivity index is 1.72. The molecule has 1 aromatic carbocycles. The van der Waals surface area contributed by atoms with Gasteiger partial charge in [-0.1, -0.05) is 13.0 Å². The molecule has 0 saturated heterocycles. The number of fused-ring (bicyclic) bond motifs is 1. The molecule has 7 nitrogen and oxygen atoms in total. The van der Waals surface area contributed by atoms with Crippen molar-refractivity contribution in [1.82, 2.24) is 0 Å². The van der Waals surface area contributed by atoms with Gasteiger partial charge >= 0.3 is 5.97 Å². The highest BCUT2D eigenvalue weighted by molar-refractivity contribution is 7.17. The molecule has 1 aliphatic carbocycles. The van der Waals surface area contributed by atoms with Crippen molar-refractivity contribution >= 4 is 28.2 Å². The summed E-state index contributed by atoms with van der Waals surface area (Å²) in [5.74, 6) is 1.39. The number of carbonyl (C=O) groups excluding carboxylic acids is 2. The Hall–Kier alpha value is -2.58. The Morgan fingerprint density at radius 2 is 2.00 bits per heavy atom. The Morgan fingerprint density at radius 3 is 2.68 bits per heavy atom. The van der Waals surface area contributed by atoms with Gasteiger partial charge in [0.15, 0.2) is 18.0 Å². The summed E-state index contributed by atoms with van der Waals surface area (Å²) in [6, 6.07) is 5.72. The minimum absolute atomic E-state index is 0.142. The lowest BCUT2D eigenvalue weighted by atomic mass is 9.88. The van der Waals surface area contributed by atoms with E-state index in [9.17, 15) is 9.59 Å². The van der Waals surface area contributed by atoms with Gasteiger partial charge in [0, 0.05) is 4.88 Å². The first-order chi connectivity index (χ1) is 14.9. The van der Waals surface area contributed by atoms with E-state index in [2.05, 4.69) is 12.2 Å². The van der Waals surface area contributed by atoms with Gasteiger partial charge in [-0.3, -0.25) is 4.79 Å². The minimum atomic E-state index is -0.385. The fourth-order valence-electron chi connectivity index (χ4n) is 4.08. The van der Waals surface area contributed by atoms with Crippen molar-refractivity contribution < 1.29 is 28.7 Å². The first kappa shape index (κ1) is 23.1. The number of methoxy groups -OCH3 is 3. The van der Waals surface area contributed by atoms with Crippen LogP contribution in [0.4, 0.5) is 5.00 Å². The lowest BCUT2D eigenvalue weighted by molar-refractivity contribution is -0.885. The number of anilines is 1. The Kier molecular flexibility index (Phi) is 7.56. The molecule has 0 fully saturated rings. The first-order valence-electron chi connectivity index (χ1n) is 10.4. The maximum Gasteiger partial charge on any atom is 0.341 e. The van der Waals surface area contributed by atoms with Crippen LogP contribution in [-0.4, -0.2) is 46.8 Å². The molecule has 2 N–H and O–H groups in total. The predicted molar refractivity (Wildman–Crippen MR) is 120 cm³/mol. The molecule has 2 aromatic rings. The van der Waals surface area contributed by atoms with E-state index in [0.29, 0.717) is 34.5 Å². The molecular formula is C23H31N2O5S+. The summed E-state index contributed by atoms with van der Waals surface area (Å²) in [5.41, 5.74) is 2.52. The second kappa shape index (κ2) is 10.2. The summed E-state index contributed by atoms with van der Waals surface area (Å²) in [6.07, 6.45) is 2.81. The van der Waals surface area contributed by atoms with E-state index in [1.54, 1.807) is 14.2 Å². The monoisotopic (exact) mass is 447 g/mol. The number of benzene rings is 1. The number of para-hydroxylation sites is 1. The van der Waals surface area contributed by atoms with Gasteiger partial charge in [-0.05, 0) is 42.9 Å². The van der Waals surface area contributed by atoms with E-state index < -0.39 is 0 Å². The molecule has 1 unspecified atom stereocenters. The summed E-state index contributed by atoms with van der Waals surface area (Å²) in [5, 5.41) is 3.57. The molecule has 1 aromatic heterocycles. The van der Waals surface area contributed by atoms with Gasteiger partial charge < -0.3 is 24.4 Å². The number of esters is 1. The van der Waals surface area contributed by atoms with Crippen LogP contribution in [0, 0.1) is 5.92 Å². The molecule has 8 heteroatoms. The summed E-state index contributed by atoms with van der Waals surface area (Å²) >= 11 is 1.50. The van der Waals surface area contributed by atoms with E-state index in [-0.39, 0.29) is 18.4 Å². The molecule has 0 radical (unpaired) electrons. The number of likely N-dealkylation sites (N-methyl/N-ethyl adjacent to an activating group) is 1. The van der Waals surface area contributed by atoms with E-state index in [1.807, 2.05) is 25.2 Å². The second-order valence-corrected chi connectivity index (χ2v) is 9.16. The number of hydrogen-bond donors (Lipinski definition) is 2. The molecule has 1 amide bonds. The molecular weight excluding hydrogens is 416 g/mol. The van der Waals surface area contributed by atoms with Crippen molar-refractivity contribution in [1.29, 1.82) is 0 Å². The number of rotatable bonds is 8. The third-order valence-corrected chi connectivity index (χ3v) is 6.76. The van der Waals surface area contributed by atoms with Crippen molar-refractivity contribution in [2.45, 2.75) is 32.7 Å². The number of thiophene rings is 1. The van der Waals surface area contributed by atoms with Crippen LogP contribution in [0.2, 0.25) is 0 Å². The van der Waals surface area contributed by atoms with Crippen LogP contribution in [0.3, 0.4) is 0 Å². The van der Waals surface area contributed by atoms with Crippen molar-refractivity contribution in [3.05, 3.63) is 39.8 Å². The first-order valence-corrected chi connectivity index (χ1v) is 11.2. The lowest BCUT2D eigenvalue weighted by Gasteiger charge is -2.18. The van der Waals surface area contributed by atoms with Crippen molar-refractivity contribution in [2.75, 3.05) is 40.2 Å². The van der Waals surface area contributed by atoms with Crippen LogP contribution < -0.4 is 19.7 Å². The number of quaternary nitrogens is 1. The zero-order chi connectivity index (χ0) is 22.5. The number of hydrogen-bond acceptors (Lipinski definition) is 6. The SMILES string of the molecule is COC(=O)c1c(NC(=O)C[NH+](C)Cc2cccc(OC)c2OC)sc2c1CC[C@@H](C)C2. The zero-order valence-corrected chi connectivity index (χ0v) is 19.6. The molecule has 31 heavy (non-hydrogen) atoms. The van der Waals surface area contributed by atoms with Gasteiger partial charge in [0.1, 0.15) is 11.5 Å². The van der Waals surface area contributed by atoms with Gasteiger partial charge in [0.25, 0.3) is 5.91 Å². The molecule has 0 spiro atoms. The van der Waals surface area contributed by atoms with E-state index in [1.165, 1.54) is 23.3 Å². The highest BCUT2D eigenvalue weighted by Gasteiger charge is 2.29. The standard InChI is InChI=1S/C23H30N2O5S/c1-14-9-10-16-18(11-14)31-22(20(16)23(27)30-5)24-19(26)13-25(2)12-15-7-6-8-17(28-3)21(15)29-4/h6-8,14H,9-13H2,1-5H3,(H,24,26)/p+1/t14-/m1/s1. The highest BCUT2D eigenvalue weighted by Crippen LogP contribution is 2.40. The van der Waals surface area contributed by atoms with Crippen LogP contribution in [0.1, 0.15) is 39.7 Å². The molecule has 1 aliphatic rings. The Bertz CT molecular complexity index is 956. The maximum atomic E-state index is 12.8. The summed E-state index contributed by atoms with van der Waals surface area (Å²) in [6.45, 7) is 3.06. The maximum absolute atomic E-state index is 12.8. The van der Waals surface area contributed by atoms with Crippen LogP contribution in [0.5, 0.6) is 11.5 Å². The third-order valence-electron chi connectivity index (χ3n) is 5.59. The van der Waals surface area contributed by atoms with E-state index in [4.69, 9.17) is 14.2 Å². The van der Waals surface area contributed by atoms with Crippen LogP contribution in [0.15, 0.2) is 18.2 Å². The quantitative estimate of drug-likeness (QED) is 0.608. The average molecular weight is 448 g/mol. The molecule has 3 rings (SSSR count). The highest BCUT2D eigenvalue weighted by atomic mass is 32.1. The lowest BCUT2D eigenvalue weighted by Crippen LogP contribution is -3.08. The Morgan fingerprint density at radius 1 is 1.23 bits per heavy atom. The minimum Gasteiger partial charge on any atom is -0.493 e. The second-order valence-electron chi connectivity index (χ2n) is 8.06. The largest absolute Gasteiger partial charge is 0.493 e. The van der Waals surface area contributed by atoms with Crippen molar-refractivity contribution in [3.63, 3.8) is 0 Å². The summed E-state index contributed by atoms with van der Waals surface area (Å²) in [7, 11) is 6.53. The predicted octanol–water partition coefficient (Wildman–Crippen LogP) is 2.33. The average Bonchev–Trinajstić information content (AvgIpc) is 3.09.